The molecule has 0 bridgehead atoms. The summed E-state index contributed by atoms with van der Waals surface area (Å²) in [5, 5.41) is 11.8. The van der Waals surface area contributed by atoms with Gasteiger partial charge in [0, 0.05) is 24.6 Å². The van der Waals surface area contributed by atoms with Gasteiger partial charge in [0.05, 0.1) is 19.3 Å². The molecule has 7 nitrogen and oxygen atoms in total. The predicted molar refractivity (Wildman–Crippen MR) is 133 cm³/mol. The minimum Gasteiger partial charge on any atom is -0.497 e. The first-order chi connectivity index (χ1) is 16.5. The summed E-state index contributed by atoms with van der Waals surface area (Å²) < 4.78 is 11.0. The number of aryl methyl sites for hydroxylation is 2. The monoisotopic (exact) mass is 460 g/mol. The Morgan fingerprint density at radius 3 is 2.29 bits per heavy atom. The van der Waals surface area contributed by atoms with Crippen molar-refractivity contribution in [3.05, 3.63) is 65.7 Å². The number of methoxy groups -OCH3 is 1. The molecule has 1 saturated heterocycles. The van der Waals surface area contributed by atoms with Gasteiger partial charge in [-0.05, 0) is 86.3 Å². The predicted octanol–water partition coefficient (Wildman–Crippen LogP) is 4.18. The second-order valence-corrected chi connectivity index (χ2v) is 8.73. The molecule has 178 valence electrons. The van der Waals surface area contributed by atoms with Gasteiger partial charge in [-0.15, -0.1) is 10.2 Å². The SMILES string of the molecule is COc1ccc(-c2ccc(N3CCC(C(=O)NCCOc4cc(C)cc(C)c4)CC3)nn2)cc1. The molecule has 0 aliphatic carbocycles. The first-order valence-corrected chi connectivity index (χ1v) is 11.7. The number of anilines is 1. The van der Waals surface area contributed by atoms with E-state index in [1.165, 1.54) is 11.1 Å². The molecule has 4 rings (SSSR count). The van der Waals surface area contributed by atoms with Crippen LogP contribution in [0.15, 0.2) is 54.6 Å². The lowest BCUT2D eigenvalue weighted by molar-refractivity contribution is -0.125. The van der Waals surface area contributed by atoms with Crippen LogP contribution >= 0.6 is 0 Å². The Balaban J connectivity index is 1.21. The van der Waals surface area contributed by atoms with E-state index in [-0.39, 0.29) is 11.8 Å². The van der Waals surface area contributed by atoms with Gasteiger partial charge < -0.3 is 19.7 Å². The van der Waals surface area contributed by atoms with Crippen LogP contribution in [0.1, 0.15) is 24.0 Å². The van der Waals surface area contributed by atoms with Crippen LogP contribution in [0.5, 0.6) is 11.5 Å². The summed E-state index contributed by atoms with van der Waals surface area (Å²) >= 11 is 0. The Morgan fingerprint density at radius 1 is 0.971 bits per heavy atom. The van der Waals surface area contributed by atoms with Gasteiger partial charge in [0.25, 0.3) is 0 Å². The summed E-state index contributed by atoms with van der Waals surface area (Å²) in [6, 6.07) is 17.9. The Morgan fingerprint density at radius 2 is 1.68 bits per heavy atom. The van der Waals surface area contributed by atoms with Crippen LogP contribution in [0.4, 0.5) is 5.82 Å². The zero-order valence-electron chi connectivity index (χ0n) is 20.1. The number of rotatable bonds is 8. The summed E-state index contributed by atoms with van der Waals surface area (Å²) in [5.41, 5.74) is 4.16. The summed E-state index contributed by atoms with van der Waals surface area (Å²) in [6.07, 6.45) is 1.59. The van der Waals surface area contributed by atoms with E-state index in [1.54, 1.807) is 7.11 Å². The second-order valence-electron chi connectivity index (χ2n) is 8.73. The van der Waals surface area contributed by atoms with E-state index in [1.807, 2.05) is 48.5 Å². The second kappa shape index (κ2) is 11.0. The highest BCUT2D eigenvalue weighted by atomic mass is 16.5. The van der Waals surface area contributed by atoms with Crippen molar-refractivity contribution in [1.29, 1.82) is 0 Å². The molecule has 0 atom stereocenters. The number of nitrogens with zero attached hydrogens (tertiary/aromatic N) is 3. The van der Waals surface area contributed by atoms with Gasteiger partial charge >= 0.3 is 0 Å². The minimum absolute atomic E-state index is 0.0176. The maximum atomic E-state index is 12.6. The molecule has 0 radical (unpaired) electrons. The number of hydrogen-bond acceptors (Lipinski definition) is 6. The molecule has 1 aromatic heterocycles. The van der Waals surface area contributed by atoms with Crippen molar-refractivity contribution in [2.24, 2.45) is 5.92 Å². The standard InChI is InChI=1S/C27H32N4O3/c1-19-16-20(2)18-24(17-19)34-15-12-28-27(32)22-10-13-31(14-11-22)26-9-8-25(29-30-26)21-4-6-23(33-3)7-5-21/h4-9,16-18,22H,10-15H2,1-3H3,(H,28,32). The van der Waals surface area contributed by atoms with Crippen LogP contribution in [-0.4, -0.2) is 49.5 Å². The van der Waals surface area contributed by atoms with Crippen molar-refractivity contribution >= 4 is 11.7 Å². The lowest BCUT2D eigenvalue weighted by Crippen LogP contribution is -2.41. The number of ether oxygens (including phenoxy) is 2. The molecule has 1 fully saturated rings. The fourth-order valence-electron chi connectivity index (χ4n) is 4.28. The summed E-state index contributed by atoms with van der Waals surface area (Å²) in [5.74, 6) is 2.62. The van der Waals surface area contributed by atoms with E-state index in [4.69, 9.17) is 9.47 Å². The van der Waals surface area contributed by atoms with Gasteiger partial charge in [0.1, 0.15) is 18.1 Å². The van der Waals surface area contributed by atoms with Crippen molar-refractivity contribution in [1.82, 2.24) is 15.5 Å². The highest BCUT2D eigenvalue weighted by Gasteiger charge is 2.25. The highest BCUT2D eigenvalue weighted by Crippen LogP contribution is 2.24. The van der Waals surface area contributed by atoms with Crippen LogP contribution < -0.4 is 19.7 Å². The Labute approximate surface area is 201 Å². The molecule has 3 aromatic rings. The smallest absolute Gasteiger partial charge is 0.223 e. The molecule has 1 amide bonds. The zero-order valence-corrected chi connectivity index (χ0v) is 20.1. The van der Waals surface area contributed by atoms with E-state index >= 15 is 0 Å². The first-order valence-electron chi connectivity index (χ1n) is 11.7. The lowest BCUT2D eigenvalue weighted by Gasteiger charge is -2.31. The fraction of sp³-hybridized carbons (Fsp3) is 0.370. The number of hydrogen-bond donors (Lipinski definition) is 1. The van der Waals surface area contributed by atoms with E-state index in [0.29, 0.717) is 13.2 Å². The third-order valence-corrected chi connectivity index (χ3v) is 6.09. The van der Waals surface area contributed by atoms with E-state index in [9.17, 15) is 4.79 Å². The quantitative estimate of drug-likeness (QED) is 0.508. The zero-order chi connectivity index (χ0) is 23.9. The Hall–Kier alpha value is -3.61. The Bertz CT molecular complexity index is 1070. The van der Waals surface area contributed by atoms with Crippen LogP contribution in [0.3, 0.4) is 0 Å². The van der Waals surface area contributed by atoms with Crippen molar-refractivity contribution in [2.45, 2.75) is 26.7 Å². The number of benzene rings is 2. The van der Waals surface area contributed by atoms with Gasteiger partial charge in [-0.3, -0.25) is 4.79 Å². The third kappa shape index (κ3) is 6.04. The maximum Gasteiger partial charge on any atom is 0.223 e. The van der Waals surface area contributed by atoms with Gasteiger partial charge in [-0.25, -0.2) is 0 Å². The van der Waals surface area contributed by atoms with Crippen LogP contribution in [0, 0.1) is 19.8 Å². The molecule has 0 saturated carbocycles. The maximum absolute atomic E-state index is 12.6. The van der Waals surface area contributed by atoms with E-state index < -0.39 is 0 Å². The molecule has 2 aromatic carbocycles. The third-order valence-electron chi connectivity index (χ3n) is 6.09. The summed E-state index contributed by atoms with van der Waals surface area (Å²) in [6.45, 7) is 6.64. The number of carbonyl (C=O) groups excluding carboxylic acids is 1. The first kappa shape index (κ1) is 23.5. The van der Waals surface area contributed by atoms with Crippen molar-refractivity contribution < 1.29 is 14.3 Å². The van der Waals surface area contributed by atoms with E-state index in [2.05, 4.69) is 40.3 Å². The number of piperidine rings is 1. The topological polar surface area (TPSA) is 76.6 Å². The van der Waals surface area contributed by atoms with Gasteiger partial charge in [0.15, 0.2) is 5.82 Å². The molecule has 34 heavy (non-hydrogen) atoms. The molecule has 1 aliphatic rings. The largest absolute Gasteiger partial charge is 0.497 e. The molecule has 0 spiro atoms. The van der Waals surface area contributed by atoms with Gasteiger partial charge in [0.2, 0.25) is 5.91 Å². The van der Waals surface area contributed by atoms with E-state index in [0.717, 1.165) is 54.5 Å². The molecule has 1 N–H and O–H groups in total. The lowest BCUT2D eigenvalue weighted by atomic mass is 9.96. The van der Waals surface area contributed by atoms with Crippen LogP contribution in [0.25, 0.3) is 11.3 Å². The fourth-order valence-corrected chi connectivity index (χ4v) is 4.28. The minimum atomic E-state index is 0.0176. The van der Waals surface area contributed by atoms with Crippen LogP contribution in [0.2, 0.25) is 0 Å². The molecule has 0 unspecified atom stereocenters. The van der Waals surface area contributed by atoms with Crippen LogP contribution in [-0.2, 0) is 4.79 Å². The average Bonchev–Trinajstić information content (AvgIpc) is 2.86. The average molecular weight is 461 g/mol. The molecule has 2 heterocycles. The molecular formula is C27H32N4O3. The Kier molecular flexibility index (Phi) is 7.62. The van der Waals surface area contributed by atoms with Gasteiger partial charge in [-0.1, -0.05) is 6.07 Å². The van der Waals surface area contributed by atoms with Gasteiger partial charge in [-0.2, -0.15) is 0 Å². The molecule has 7 heteroatoms. The molecule has 1 aliphatic heterocycles. The number of amides is 1. The normalized spacial score (nSPS) is 14.0. The highest BCUT2D eigenvalue weighted by molar-refractivity contribution is 5.79. The summed E-state index contributed by atoms with van der Waals surface area (Å²) in [4.78, 5) is 14.8. The van der Waals surface area contributed by atoms with Crippen molar-refractivity contribution in [2.75, 3.05) is 38.3 Å². The van der Waals surface area contributed by atoms with Crippen molar-refractivity contribution in [3.8, 4) is 22.8 Å². The number of aromatic nitrogens is 2. The number of carbonyl (C=O) groups is 1. The van der Waals surface area contributed by atoms with Crippen molar-refractivity contribution in [3.63, 3.8) is 0 Å². The number of nitrogens with one attached hydrogen (secondary N) is 1. The summed E-state index contributed by atoms with van der Waals surface area (Å²) in [7, 11) is 1.65. The molecular weight excluding hydrogens is 428 g/mol.